The van der Waals surface area contributed by atoms with Crippen LogP contribution in [0.1, 0.15) is 27.7 Å². The molecule has 0 heterocycles. The van der Waals surface area contributed by atoms with Crippen LogP contribution < -0.4 is 0 Å². The summed E-state index contributed by atoms with van der Waals surface area (Å²) in [6.45, 7) is 8.75. The Hall–Kier alpha value is -0.0900. The molecule has 0 unspecified atom stereocenters. The van der Waals surface area contributed by atoms with Gasteiger partial charge in [-0.25, -0.2) is 8.42 Å². The number of sulfone groups is 1. The molecule has 0 fully saturated rings. The standard InChI is InChI=1S/C5H12.C2H6O2S.C2H6O/c2*1-5(2,3)4;1-3-2/h1-4H3;1-2H3;1-2H3. The predicted molar refractivity (Wildman–Crippen MR) is 58.8 cm³/mol. The zero-order valence-electron chi connectivity index (χ0n) is 10.1. The molecular formula is C9H24O3S. The average molecular weight is 212 g/mol. The van der Waals surface area contributed by atoms with Crippen LogP contribution in [0.5, 0.6) is 0 Å². The Kier molecular flexibility index (Phi) is 12.2. The first-order valence-corrected chi connectivity index (χ1v) is 6.27. The molecule has 0 radical (unpaired) electrons. The van der Waals surface area contributed by atoms with E-state index < -0.39 is 9.84 Å². The van der Waals surface area contributed by atoms with Crippen LogP contribution in [0.3, 0.4) is 0 Å². The number of ether oxygens (including phenoxy) is 1. The number of hydrogen-bond acceptors (Lipinski definition) is 3. The summed E-state index contributed by atoms with van der Waals surface area (Å²) >= 11 is 0. The lowest BCUT2D eigenvalue weighted by atomic mass is 10.0. The minimum atomic E-state index is -2.67. The lowest BCUT2D eigenvalue weighted by Crippen LogP contribution is -1.93. The van der Waals surface area contributed by atoms with Crippen molar-refractivity contribution in [3.8, 4) is 0 Å². The van der Waals surface area contributed by atoms with Crippen molar-refractivity contribution < 1.29 is 13.2 Å². The fourth-order valence-electron chi connectivity index (χ4n) is 0. The van der Waals surface area contributed by atoms with Crippen molar-refractivity contribution >= 4 is 9.84 Å². The summed E-state index contributed by atoms with van der Waals surface area (Å²) in [5.74, 6) is 0. The van der Waals surface area contributed by atoms with E-state index in [2.05, 4.69) is 32.4 Å². The summed E-state index contributed by atoms with van der Waals surface area (Å²) < 4.78 is 23.5. The molecule has 0 spiro atoms. The van der Waals surface area contributed by atoms with Gasteiger partial charge in [-0.1, -0.05) is 27.7 Å². The van der Waals surface area contributed by atoms with Gasteiger partial charge in [-0.2, -0.15) is 0 Å². The van der Waals surface area contributed by atoms with E-state index in [0.29, 0.717) is 5.41 Å². The normalized spacial score (nSPS) is 10.5. The number of hydrogen-bond donors (Lipinski definition) is 0. The van der Waals surface area contributed by atoms with Crippen LogP contribution in [-0.4, -0.2) is 35.1 Å². The molecule has 0 saturated heterocycles. The van der Waals surface area contributed by atoms with Gasteiger partial charge in [0.05, 0.1) is 0 Å². The minimum absolute atomic E-state index is 0.500. The molecule has 0 aromatic heterocycles. The van der Waals surface area contributed by atoms with Crippen LogP contribution in [0, 0.1) is 5.41 Å². The highest BCUT2D eigenvalue weighted by Crippen LogP contribution is 2.07. The first-order chi connectivity index (χ1) is 5.41. The van der Waals surface area contributed by atoms with Gasteiger partial charge in [-0.15, -0.1) is 0 Å². The molecule has 0 amide bonds. The first-order valence-electron chi connectivity index (χ1n) is 3.97. The van der Waals surface area contributed by atoms with Crippen LogP contribution in [0.4, 0.5) is 0 Å². The summed E-state index contributed by atoms with van der Waals surface area (Å²) in [4.78, 5) is 0. The van der Waals surface area contributed by atoms with Crippen molar-refractivity contribution in [3.05, 3.63) is 0 Å². The van der Waals surface area contributed by atoms with Crippen molar-refractivity contribution in [1.29, 1.82) is 0 Å². The summed E-state index contributed by atoms with van der Waals surface area (Å²) in [6, 6.07) is 0. The van der Waals surface area contributed by atoms with Gasteiger partial charge in [-0.05, 0) is 5.41 Å². The van der Waals surface area contributed by atoms with Crippen molar-refractivity contribution in [3.63, 3.8) is 0 Å². The van der Waals surface area contributed by atoms with Crippen molar-refractivity contribution in [2.75, 3.05) is 26.7 Å². The van der Waals surface area contributed by atoms with Crippen molar-refractivity contribution in [2.45, 2.75) is 27.7 Å². The van der Waals surface area contributed by atoms with Crippen LogP contribution in [-0.2, 0) is 14.6 Å². The zero-order chi connectivity index (χ0) is 11.7. The van der Waals surface area contributed by atoms with Gasteiger partial charge >= 0.3 is 0 Å². The molecule has 0 aliphatic carbocycles. The molecule has 0 aromatic carbocycles. The first kappa shape index (κ1) is 18.6. The van der Waals surface area contributed by atoms with E-state index in [1.165, 1.54) is 0 Å². The Morgan fingerprint density at radius 2 is 0.923 bits per heavy atom. The molecule has 0 saturated carbocycles. The van der Waals surface area contributed by atoms with Crippen LogP contribution in [0.15, 0.2) is 0 Å². The van der Waals surface area contributed by atoms with Gasteiger partial charge < -0.3 is 4.74 Å². The summed E-state index contributed by atoms with van der Waals surface area (Å²) in [7, 11) is 0.583. The van der Waals surface area contributed by atoms with E-state index >= 15 is 0 Å². The third kappa shape index (κ3) is 144000. The molecule has 0 N–H and O–H groups in total. The van der Waals surface area contributed by atoms with E-state index in [0.717, 1.165) is 12.5 Å². The molecule has 0 atom stereocenters. The van der Waals surface area contributed by atoms with E-state index in [-0.39, 0.29) is 0 Å². The van der Waals surface area contributed by atoms with Gasteiger partial charge in [-0.3, -0.25) is 0 Å². The minimum Gasteiger partial charge on any atom is -0.388 e. The monoisotopic (exact) mass is 212 g/mol. The second-order valence-electron chi connectivity index (χ2n) is 4.55. The molecule has 3 nitrogen and oxygen atoms in total. The fourth-order valence-corrected chi connectivity index (χ4v) is 0. The number of rotatable bonds is 0. The van der Waals surface area contributed by atoms with E-state index in [4.69, 9.17) is 0 Å². The molecule has 0 aliphatic rings. The largest absolute Gasteiger partial charge is 0.388 e. The van der Waals surface area contributed by atoms with Gasteiger partial charge in [0.2, 0.25) is 0 Å². The second-order valence-corrected chi connectivity index (χ2v) is 6.84. The van der Waals surface area contributed by atoms with Crippen molar-refractivity contribution in [1.82, 2.24) is 0 Å². The smallest absolute Gasteiger partial charge is 0.144 e. The van der Waals surface area contributed by atoms with Crippen LogP contribution in [0.25, 0.3) is 0 Å². The molecule has 0 bridgehead atoms. The van der Waals surface area contributed by atoms with E-state index in [1.54, 1.807) is 14.2 Å². The average Bonchev–Trinajstić information content (AvgIpc) is 1.52. The molecule has 0 rings (SSSR count). The third-order valence-electron chi connectivity index (χ3n) is 0. The maximum atomic E-state index is 9.63. The highest BCUT2D eigenvalue weighted by atomic mass is 32.2. The molecule has 84 valence electrons. The second kappa shape index (κ2) is 8.51. The Balaban J connectivity index is -0.000000120. The topological polar surface area (TPSA) is 43.4 Å². The van der Waals surface area contributed by atoms with E-state index in [1.807, 2.05) is 0 Å². The molecule has 4 heteroatoms. The molecular weight excluding hydrogens is 188 g/mol. The van der Waals surface area contributed by atoms with Gasteiger partial charge in [0.15, 0.2) is 0 Å². The zero-order valence-corrected chi connectivity index (χ0v) is 10.9. The summed E-state index contributed by atoms with van der Waals surface area (Å²) in [5, 5.41) is 0. The Morgan fingerprint density at radius 3 is 0.923 bits per heavy atom. The van der Waals surface area contributed by atoms with Gasteiger partial charge in [0.25, 0.3) is 0 Å². The summed E-state index contributed by atoms with van der Waals surface area (Å²) in [6.07, 6.45) is 2.32. The SMILES string of the molecule is CC(C)(C)C.COC.CS(C)(=O)=O. The van der Waals surface area contributed by atoms with Gasteiger partial charge in [0.1, 0.15) is 9.84 Å². The molecule has 0 aliphatic heterocycles. The lowest BCUT2D eigenvalue weighted by Gasteiger charge is -2.05. The van der Waals surface area contributed by atoms with E-state index in [9.17, 15) is 8.42 Å². The molecule has 0 aromatic rings. The quantitative estimate of drug-likeness (QED) is 0.616. The predicted octanol–water partition coefficient (Wildman–Crippen LogP) is 1.98. The Bertz CT molecular complexity index is 162. The van der Waals surface area contributed by atoms with Crippen molar-refractivity contribution in [2.24, 2.45) is 5.41 Å². The molecule has 13 heavy (non-hydrogen) atoms. The van der Waals surface area contributed by atoms with Gasteiger partial charge in [0, 0.05) is 26.7 Å². The Labute approximate surface area is 83.4 Å². The summed E-state index contributed by atoms with van der Waals surface area (Å²) in [5.41, 5.74) is 0.500. The lowest BCUT2D eigenvalue weighted by molar-refractivity contribution is 0.277. The van der Waals surface area contributed by atoms with Crippen LogP contribution in [0.2, 0.25) is 0 Å². The van der Waals surface area contributed by atoms with Crippen LogP contribution >= 0.6 is 0 Å². The Morgan fingerprint density at radius 1 is 0.923 bits per heavy atom. The highest BCUT2D eigenvalue weighted by Gasteiger charge is 1.95. The number of methoxy groups -OCH3 is 1. The third-order valence-corrected chi connectivity index (χ3v) is 0. The highest BCUT2D eigenvalue weighted by molar-refractivity contribution is 7.89. The fraction of sp³-hybridized carbons (Fsp3) is 1.00. The maximum Gasteiger partial charge on any atom is 0.144 e. The maximum absolute atomic E-state index is 9.63.